The molecule has 1 aliphatic rings. The first-order chi connectivity index (χ1) is 14.1. The van der Waals surface area contributed by atoms with Gasteiger partial charge in [-0.1, -0.05) is 45.9 Å². The van der Waals surface area contributed by atoms with E-state index in [1.165, 1.54) is 24.3 Å². The van der Waals surface area contributed by atoms with Crippen LogP contribution in [0.25, 0.3) is 0 Å². The highest BCUT2D eigenvalue weighted by Crippen LogP contribution is 2.34. The van der Waals surface area contributed by atoms with Gasteiger partial charge in [0.2, 0.25) is 11.8 Å². The summed E-state index contributed by atoms with van der Waals surface area (Å²) >= 11 is 0. The fraction of sp³-hybridized carbons (Fsp3) is 0.391. The van der Waals surface area contributed by atoms with Crippen molar-refractivity contribution in [1.82, 2.24) is 0 Å². The van der Waals surface area contributed by atoms with Crippen molar-refractivity contribution in [3.63, 3.8) is 0 Å². The molecule has 1 saturated heterocycles. The van der Waals surface area contributed by atoms with E-state index in [-0.39, 0.29) is 28.5 Å². The molecule has 7 heteroatoms. The Labute approximate surface area is 178 Å². The molecule has 0 unspecified atom stereocenters. The molecule has 1 aliphatic heterocycles. The molecular formula is C23H28N2O4S. The van der Waals surface area contributed by atoms with Crippen molar-refractivity contribution < 1.29 is 18.0 Å². The number of sulfonamides is 1. The average molecular weight is 429 g/mol. The molecule has 0 bridgehead atoms. The number of nitrogens with zero attached hydrogens (tertiary/aromatic N) is 1. The van der Waals surface area contributed by atoms with Gasteiger partial charge in [0.1, 0.15) is 0 Å². The van der Waals surface area contributed by atoms with Crippen LogP contribution in [0.4, 0.5) is 11.4 Å². The minimum absolute atomic E-state index is 0.0800. The summed E-state index contributed by atoms with van der Waals surface area (Å²) in [5.41, 5.74) is 2.89. The van der Waals surface area contributed by atoms with Crippen LogP contribution in [-0.4, -0.2) is 20.2 Å². The molecule has 0 atom stereocenters. The first-order valence-electron chi connectivity index (χ1n) is 10.2. The van der Waals surface area contributed by atoms with Gasteiger partial charge in [-0.15, -0.1) is 0 Å². The molecule has 2 aromatic rings. The van der Waals surface area contributed by atoms with Gasteiger partial charge < -0.3 is 0 Å². The van der Waals surface area contributed by atoms with Gasteiger partial charge in [0.15, 0.2) is 0 Å². The highest BCUT2D eigenvalue weighted by molar-refractivity contribution is 7.92. The predicted octanol–water partition coefficient (Wildman–Crippen LogP) is 4.78. The molecule has 2 aromatic carbocycles. The van der Waals surface area contributed by atoms with E-state index < -0.39 is 10.0 Å². The fourth-order valence-electron chi connectivity index (χ4n) is 3.68. The number of nitrogens with one attached hydrogen (secondary N) is 1. The maximum atomic E-state index is 13.1. The SMILES string of the molecule is CC(C)c1cccc(C(C)C)c1NS(=O)(=O)c1ccc(N2C(=O)CCCC2=O)cc1. The first-order valence-corrected chi connectivity index (χ1v) is 11.7. The van der Waals surface area contributed by atoms with Crippen molar-refractivity contribution >= 4 is 33.2 Å². The molecule has 1 N–H and O–H groups in total. The van der Waals surface area contributed by atoms with Crippen molar-refractivity contribution in [2.75, 3.05) is 9.62 Å². The Kier molecular flexibility index (Phi) is 6.31. The van der Waals surface area contributed by atoms with Gasteiger partial charge in [0.05, 0.1) is 16.3 Å². The summed E-state index contributed by atoms with van der Waals surface area (Å²) in [6.07, 6.45) is 1.19. The van der Waals surface area contributed by atoms with Crippen LogP contribution in [0.15, 0.2) is 47.4 Å². The molecule has 1 heterocycles. The van der Waals surface area contributed by atoms with Gasteiger partial charge in [-0.3, -0.25) is 19.2 Å². The second-order valence-corrected chi connectivity index (χ2v) is 9.88. The molecule has 30 heavy (non-hydrogen) atoms. The van der Waals surface area contributed by atoms with Crippen molar-refractivity contribution in [2.45, 2.75) is 63.7 Å². The maximum absolute atomic E-state index is 13.1. The molecule has 2 amide bonds. The minimum Gasteiger partial charge on any atom is -0.279 e. The molecule has 0 radical (unpaired) electrons. The second-order valence-electron chi connectivity index (χ2n) is 8.20. The minimum atomic E-state index is -3.84. The Bertz CT molecular complexity index is 1010. The average Bonchev–Trinajstić information content (AvgIpc) is 2.67. The number of para-hydroxylation sites is 1. The lowest BCUT2D eigenvalue weighted by Gasteiger charge is -2.25. The molecule has 0 spiro atoms. The Morgan fingerprint density at radius 2 is 1.33 bits per heavy atom. The fourth-order valence-corrected chi connectivity index (χ4v) is 4.79. The van der Waals surface area contributed by atoms with Crippen LogP contribution in [0, 0.1) is 0 Å². The lowest BCUT2D eigenvalue weighted by atomic mass is 9.93. The molecule has 0 aliphatic carbocycles. The molecular weight excluding hydrogens is 400 g/mol. The van der Waals surface area contributed by atoms with E-state index in [1.54, 1.807) is 0 Å². The number of hydrogen-bond donors (Lipinski definition) is 1. The highest BCUT2D eigenvalue weighted by Gasteiger charge is 2.28. The van der Waals surface area contributed by atoms with E-state index in [1.807, 2.05) is 45.9 Å². The van der Waals surface area contributed by atoms with Crippen molar-refractivity contribution in [3.05, 3.63) is 53.6 Å². The number of amides is 2. The summed E-state index contributed by atoms with van der Waals surface area (Å²) in [6.45, 7) is 8.11. The summed E-state index contributed by atoms with van der Waals surface area (Å²) in [5, 5.41) is 0. The van der Waals surface area contributed by atoms with Gasteiger partial charge in [0.25, 0.3) is 10.0 Å². The van der Waals surface area contributed by atoms with E-state index in [0.29, 0.717) is 30.6 Å². The normalized spacial score (nSPS) is 15.2. The van der Waals surface area contributed by atoms with Crippen molar-refractivity contribution in [2.24, 2.45) is 0 Å². The monoisotopic (exact) mass is 428 g/mol. The van der Waals surface area contributed by atoms with Gasteiger partial charge in [0, 0.05) is 12.8 Å². The van der Waals surface area contributed by atoms with Crippen LogP contribution in [0.2, 0.25) is 0 Å². The van der Waals surface area contributed by atoms with Crippen LogP contribution in [-0.2, 0) is 19.6 Å². The molecule has 160 valence electrons. The van der Waals surface area contributed by atoms with Crippen molar-refractivity contribution in [3.8, 4) is 0 Å². The van der Waals surface area contributed by atoms with Crippen LogP contribution < -0.4 is 9.62 Å². The molecule has 0 aromatic heterocycles. The highest BCUT2D eigenvalue weighted by atomic mass is 32.2. The Hall–Kier alpha value is -2.67. The number of carbonyl (C=O) groups is 2. The zero-order chi connectivity index (χ0) is 22.1. The number of imide groups is 1. The predicted molar refractivity (Wildman–Crippen MR) is 118 cm³/mol. The van der Waals surface area contributed by atoms with E-state index >= 15 is 0 Å². The topological polar surface area (TPSA) is 83.6 Å². The van der Waals surface area contributed by atoms with Gasteiger partial charge >= 0.3 is 0 Å². The molecule has 0 saturated carbocycles. The third kappa shape index (κ3) is 4.41. The van der Waals surface area contributed by atoms with E-state index in [2.05, 4.69) is 4.72 Å². The number of piperidine rings is 1. The Balaban J connectivity index is 1.94. The summed E-state index contributed by atoms with van der Waals surface area (Å²) in [7, 11) is -3.84. The summed E-state index contributed by atoms with van der Waals surface area (Å²) in [6, 6.07) is 11.7. The number of hydrogen-bond acceptors (Lipinski definition) is 4. The van der Waals surface area contributed by atoms with Crippen LogP contribution in [0.5, 0.6) is 0 Å². The van der Waals surface area contributed by atoms with Crippen LogP contribution in [0.3, 0.4) is 0 Å². The third-order valence-electron chi connectivity index (χ3n) is 5.29. The first kappa shape index (κ1) is 22.0. The molecule has 1 fully saturated rings. The second kappa shape index (κ2) is 8.60. The van der Waals surface area contributed by atoms with E-state index in [0.717, 1.165) is 16.0 Å². The third-order valence-corrected chi connectivity index (χ3v) is 6.66. The number of rotatable bonds is 6. The van der Waals surface area contributed by atoms with E-state index in [4.69, 9.17) is 0 Å². The lowest BCUT2D eigenvalue weighted by molar-refractivity contribution is -0.129. The number of carbonyl (C=O) groups excluding carboxylic acids is 2. The Morgan fingerprint density at radius 1 is 0.833 bits per heavy atom. The van der Waals surface area contributed by atoms with Gasteiger partial charge in [-0.2, -0.15) is 0 Å². The van der Waals surface area contributed by atoms with Gasteiger partial charge in [-0.25, -0.2) is 8.42 Å². The standard InChI is InChI=1S/C23H28N2O4S/c1-15(2)19-7-5-8-20(16(3)4)23(19)24-30(28,29)18-13-11-17(12-14-18)25-21(26)9-6-10-22(25)27/h5,7-8,11-16,24H,6,9-10H2,1-4H3. The van der Waals surface area contributed by atoms with Crippen LogP contribution in [0.1, 0.15) is 69.9 Å². The molecule has 3 rings (SSSR count). The Morgan fingerprint density at radius 3 is 1.80 bits per heavy atom. The summed E-state index contributed by atoms with van der Waals surface area (Å²) in [5.74, 6) is -0.209. The van der Waals surface area contributed by atoms with E-state index in [9.17, 15) is 18.0 Å². The smallest absolute Gasteiger partial charge is 0.261 e. The zero-order valence-electron chi connectivity index (χ0n) is 17.8. The zero-order valence-corrected chi connectivity index (χ0v) is 18.6. The molecule has 6 nitrogen and oxygen atoms in total. The van der Waals surface area contributed by atoms with Crippen LogP contribution >= 0.6 is 0 Å². The van der Waals surface area contributed by atoms with Gasteiger partial charge in [-0.05, 0) is 53.6 Å². The summed E-state index contributed by atoms with van der Waals surface area (Å²) in [4.78, 5) is 25.4. The summed E-state index contributed by atoms with van der Waals surface area (Å²) < 4.78 is 29.0. The largest absolute Gasteiger partial charge is 0.279 e. The van der Waals surface area contributed by atoms with Crippen molar-refractivity contribution in [1.29, 1.82) is 0 Å². The number of benzene rings is 2. The quantitative estimate of drug-likeness (QED) is 0.671. The number of anilines is 2. The maximum Gasteiger partial charge on any atom is 0.261 e. The lowest BCUT2D eigenvalue weighted by Crippen LogP contribution is -2.40.